The quantitative estimate of drug-likeness (QED) is 0.477. The summed E-state index contributed by atoms with van der Waals surface area (Å²) in [5.41, 5.74) is 0. The summed E-state index contributed by atoms with van der Waals surface area (Å²) in [5, 5.41) is 0. The average molecular weight is 329 g/mol. The smallest absolute Gasteiger partial charge is 0.00721 e. The largest absolute Gasteiger partial charge is 0.303 e. The molecule has 0 amide bonds. The summed E-state index contributed by atoms with van der Waals surface area (Å²) in [5.74, 6) is 5.20. The Kier molecular flexibility index (Phi) is 19.8. The van der Waals surface area contributed by atoms with E-state index in [4.69, 9.17) is 0 Å². The molecule has 0 aromatic carbocycles. The summed E-state index contributed by atoms with van der Waals surface area (Å²) in [4.78, 5) is 5.00. The van der Waals surface area contributed by atoms with E-state index < -0.39 is 0 Å². The van der Waals surface area contributed by atoms with E-state index in [-0.39, 0.29) is 12.4 Å². The molecule has 2 nitrogen and oxygen atoms in total. The summed E-state index contributed by atoms with van der Waals surface area (Å²) in [6.45, 7) is 16.3. The molecule has 0 bridgehead atoms. The summed E-state index contributed by atoms with van der Waals surface area (Å²) in [7, 11) is 0. The number of nitrogens with zero attached hydrogens (tertiary/aromatic N) is 2. The lowest BCUT2D eigenvalue weighted by molar-refractivity contribution is 0.324. The van der Waals surface area contributed by atoms with E-state index in [9.17, 15) is 0 Å². The minimum atomic E-state index is 0. The highest BCUT2D eigenvalue weighted by atomic mass is 35.5. The number of thioether (sulfide) groups is 2. The van der Waals surface area contributed by atoms with Crippen LogP contribution in [0.15, 0.2) is 0 Å². The zero-order chi connectivity index (χ0) is 13.6. The molecule has 0 aliphatic rings. The molecule has 0 radical (unpaired) electrons. The predicted octanol–water partition coefficient (Wildman–Crippen LogP) is 3.56. The van der Waals surface area contributed by atoms with Crippen LogP contribution in [0.3, 0.4) is 0 Å². The lowest BCUT2D eigenvalue weighted by Gasteiger charge is -2.18. The second-order valence-electron chi connectivity index (χ2n) is 4.28. The van der Waals surface area contributed by atoms with Crippen LogP contribution in [0.4, 0.5) is 0 Å². The fourth-order valence-corrected chi connectivity index (χ4v) is 3.91. The van der Waals surface area contributed by atoms with E-state index in [1.165, 1.54) is 62.3 Å². The highest BCUT2D eigenvalue weighted by Gasteiger charge is 2.00. The monoisotopic (exact) mass is 328 g/mol. The minimum Gasteiger partial charge on any atom is -0.303 e. The van der Waals surface area contributed by atoms with Crippen LogP contribution in [0.1, 0.15) is 27.7 Å². The van der Waals surface area contributed by atoms with Gasteiger partial charge in [0, 0.05) is 36.1 Å². The zero-order valence-electron chi connectivity index (χ0n) is 13.2. The zero-order valence-corrected chi connectivity index (χ0v) is 15.6. The maximum atomic E-state index is 2.50. The Morgan fingerprint density at radius 3 is 1.16 bits per heavy atom. The number of halogens is 1. The second kappa shape index (κ2) is 17.0. The molecule has 118 valence electrons. The van der Waals surface area contributed by atoms with Crippen LogP contribution >= 0.6 is 35.9 Å². The summed E-state index contributed by atoms with van der Waals surface area (Å²) < 4.78 is 0. The Morgan fingerprint density at radius 2 is 0.895 bits per heavy atom. The topological polar surface area (TPSA) is 6.48 Å². The van der Waals surface area contributed by atoms with Gasteiger partial charge in [0.25, 0.3) is 0 Å². The molecule has 0 spiro atoms. The van der Waals surface area contributed by atoms with Crippen LogP contribution in [0, 0.1) is 0 Å². The van der Waals surface area contributed by atoms with Crippen molar-refractivity contribution in [1.29, 1.82) is 0 Å². The predicted molar refractivity (Wildman–Crippen MR) is 97.5 cm³/mol. The maximum absolute atomic E-state index is 2.50. The van der Waals surface area contributed by atoms with Crippen molar-refractivity contribution >= 4 is 35.9 Å². The molecular formula is C14H33ClN2S2. The first-order chi connectivity index (χ1) is 8.78. The Hall–Kier alpha value is 0.910. The van der Waals surface area contributed by atoms with Crippen LogP contribution in [0.2, 0.25) is 0 Å². The highest BCUT2D eigenvalue weighted by Crippen LogP contribution is 2.08. The lowest BCUT2D eigenvalue weighted by Crippen LogP contribution is -2.25. The normalized spacial score (nSPS) is 11.1. The van der Waals surface area contributed by atoms with Crippen LogP contribution < -0.4 is 0 Å². The van der Waals surface area contributed by atoms with E-state index in [1.54, 1.807) is 0 Å². The second-order valence-corrected chi connectivity index (χ2v) is 6.73. The van der Waals surface area contributed by atoms with Gasteiger partial charge in [0.15, 0.2) is 0 Å². The molecule has 0 aliphatic carbocycles. The molecule has 0 aromatic heterocycles. The molecule has 19 heavy (non-hydrogen) atoms. The first kappa shape index (κ1) is 22.2. The van der Waals surface area contributed by atoms with Crippen LogP contribution in [-0.4, -0.2) is 72.1 Å². The highest BCUT2D eigenvalue weighted by molar-refractivity contribution is 8.02. The molecule has 5 heteroatoms. The maximum Gasteiger partial charge on any atom is 0.00721 e. The molecule has 0 unspecified atom stereocenters. The van der Waals surface area contributed by atoms with Crippen molar-refractivity contribution in [3.8, 4) is 0 Å². The molecular weight excluding hydrogens is 296 g/mol. The third-order valence-electron chi connectivity index (χ3n) is 3.26. The van der Waals surface area contributed by atoms with E-state index in [0.29, 0.717) is 0 Å². The van der Waals surface area contributed by atoms with Gasteiger partial charge in [-0.1, -0.05) is 27.7 Å². The third kappa shape index (κ3) is 13.6. The number of hydrogen-bond donors (Lipinski definition) is 0. The fraction of sp³-hybridized carbons (Fsp3) is 1.00. The summed E-state index contributed by atoms with van der Waals surface area (Å²) in [6.07, 6.45) is 0. The van der Waals surface area contributed by atoms with Crippen molar-refractivity contribution in [3.63, 3.8) is 0 Å². The van der Waals surface area contributed by atoms with Gasteiger partial charge in [-0.2, -0.15) is 23.5 Å². The molecule has 0 atom stereocenters. The van der Waals surface area contributed by atoms with Crippen LogP contribution in [0.25, 0.3) is 0 Å². The number of rotatable bonds is 13. The molecule has 0 fully saturated rings. The van der Waals surface area contributed by atoms with E-state index in [2.05, 4.69) is 61.0 Å². The first-order valence-electron chi connectivity index (χ1n) is 7.38. The fourth-order valence-electron chi connectivity index (χ4n) is 1.79. The molecule has 0 aliphatic heterocycles. The van der Waals surface area contributed by atoms with Crippen molar-refractivity contribution in [3.05, 3.63) is 0 Å². The van der Waals surface area contributed by atoms with Gasteiger partial charge in [-0.25, -0.2) is 0 Å². The van der Waals surface area contributed by atoms with Crippen LogP contribution in [0.5, 0.6) is 0 Å². The van der Waals surface area contributed by atoms with Gasteiger partial charge in [-0.05, 0) is 26.2 Å². The van der Waals surface area contributed by atoms with E-state index >= 15 is 0 Å². The van der Waals surface area contributed by atoms with Gasteiger partial charge in [0.2, 0.25) is 0 Å². The summed E-state index contributed by atoms with van der Waals surface area (Å²) in [6, 6.07) is 0. The Morgan fingerprint density at radius 1 is 0.579 bits per heavy atom. The summed E-state index contributed by atoms with van der Waals surface area (Å²) >= 11 is 4.21. The molecule has 0 saturated heterocycles. The molecule has 0 rings (SSSR count). The lowest BCUT2D eigenvalue weighted by atomic mass is 10.5. The SMILES string of the molecule is CCN(CC)CCSCCSCCN(CC)CC.Cl. The third-order valence-corrected chi connectivity index (χ3v) is 5.45. The van der Waals surface area contributed by atoms with Gasteiger partial charge in [-0.15, -0.1) is 12.4 Å². The Labute approximate surface area is 135 Å². The van der Waals surface area contributed by atoms with Crippen molar-refractivity contribution in [2.75, 3.05) is 62.3 Å². The minimum absolute atomic E-state index is 0. The van der Waals surface area contributed by atoms with Crippen LogP contribution in [-0.2, 0) is 0 Å². The van der Waals surface area contributed by atoms with Gasteiger partial charge in [-0.3, -0.25) is 0 Å². The van der Waals surface area contributed by atoms with Gasteiger partial charge in [0.1, 0.15) is 0 Å². The molecule has 0 aromatic rings. The Balaban J connectivity index is 0. The van der Waals surface area contributed by atoms with Gasteiger partial charge >= 0.3 is 0 Å². The van der Waals surface area contributed by atoms with E-state index in [1.807, 2.05) is 0 Å². The van der Waals surface area contributed by atoms with Gasteiger partial charge in [0.05, 0.1) is 0 Å². The molecule has 0 heterocycles. The molecule has 0 saturated carbocycles. The van der Waals surface area contributed by atoms with Crippen molar-refractivity contribution in [1.82, 2.24) is 9.80 Å². The van der Waals surface area contributed by atoms with Crippen molar-refractivity contribution in [2.45, 2.75) is 27.7 Å². The average Bonchev–Trinajstić information content (AvgIpc) is 2.41. The van der Waals surface area contributed by atoms with E-state index in [0.717, 1.165) is 0 Å². The van der Waals surface area contributed by atoms with Gasteiger partial charge < -0.3 is 9.80 Å². The standard InChI is InChI=1S/C14H32N2S2.ClH/c1-5-15(6-2)9-11-17-13-14-18-12-10-16(7-3)8-4;/h5-14H2,1-4H3;1H. The first-order valence-corrected chi connectivity index (χ1v) is 9.69. The number of hydrogen-bond acceptors (Lipinski definition) is 4. The molecule has 0 N–H and O–H groups in total. The Bertz CT molecular complexity index is 148. The van der Waals surface area contributed by atoms with Crippen molar-refractivity contribution in [2.24, 2.45) is 0 Å². The van der Waals surface area contributed by atoms with Crippen molar-refractivity contribution < 1.29 is 0 Å².